The molecule has 0 aliphatic carbocycles. The zero-order valence-corrected chi connectivity index (χ0v) is 9.80. The van der Waals surface area contributed by atoms with Gasteiger partial charge in [0.1, 0.15) is 13.1 Å². The van der Waals surface area contributed by atoms with E-state index in [0.717, 1.165) is 15.6 Å². The molecule has 0 N–H and O–H groups in total. The van der Waals surface area contributed by atoms with Crippen LogP contribution >= 0.6 is 11.8 Å². The van der Waals surface area contributed by atoms with Crippen LogP contribution in [0.1, 0.15) is 5.56 Å². The lowest BCUT2D eigenvalue weighted by molar-refractivity contribution is 1.15. The van der Waals surface area contributed by atoms with Crippen LogP contribution in [-0.4, -0.2) is 7.05 Å². The fourth-order valence-electron chi connectivity index (χ4n) is 1.62. The topological polar surface area (TPSA) is 12.0 Å². The summed E-state index contributed by atoms with van der Waals surface area (Å²) in [5, 5.41) is 0.731. The number of hydrogen-bond donors (Lipinski definition) is 0. The molecule has 78 valence electrons. The zero-order valence-electron chi connectivity index (χ0n) is 8.98. The van der Waals surface area contributed by atoms with Crippen LogP contribution in [0.15, 0.2) is 33.9 Å². The molecule has 0 amide bonds. The van der Waals surface area contributed by atoms with E-state index in [2.05, 4.69) is 9.69 Å². The second kappa shape index (κ2) is 3.92. The largest absolute Gasteiger partial charge is 0.550 e. The average Bonchev–Trinajstić information content (AvgIpc) is 2.61. The number of aryl methyl sites for hydroxylation is 1. The van der Waals surface area contributed by atoms with Gasteiger partial charge < -0.3 is 4.90 Å². The molecule has 0 bridgehead atoms. The number of fused-ring (bicyclic) bond motifs is 1. The Morgan fingerprint density at radius 1 is 1.31 bits per heavy atom. The fraction of sp³-hybridized carbons (Fsp3) is 0.167. The van der Waals surface area contributed by atoms with E-state index in [0.29, 0.717) is 0 Å². The highest BCUT2D eigenvalue weighted by molar-refractivity contribution is 8.03. The maximum absolute atomic E-state index is 6.99. The van der Waals surface area contributed by atoms with Gasteiger partial charge in [-0.3, -0.25) is 0 Å². The van der Waals surface area contributed by atoms with Gasteiger partial charge >= 0.3 is 5.82 Å². The van der Waals surface area contributed by atoms with E-state index in [9.17, 15) is 0 Å². The SMILES string of the molecule is [C-]#[N+]C([N+]#[C-])=C1Sc2c(C)cccc2N1C. The molecule has 16 heavy (non-hydrogen) atoms. The minimum atomic E-state index is 0.142. The van der Waals surface area contributed by atoms with E-state index in [4.69, 9.17) is 13.1 Å². The second-order valence-corrected chi connectivity index (χ2v) is 4.44. The van der Waals surface area contributed by atoms with E-state index < -0.39 is 0 Å². The van der Waals surface area contributed by atoms with Gasteiger partial charge in [-0.15, -0.1) is 0 Å². The molecular weight excluding hydrogens is 218 g/mol. The lowest BCUT2D eigenvalue weighted by Gasteiger charge is -2.11. The number of anilines is 1. The van der Waals surface area contributed by atoms with Gasteiger partial charge in [-0.2, -0.15) is 9.69 Å². The van der Waals surface area contributed by atoms with E-state index in [1.54, 1.807) is 0 Å². The maximum Gasteiger partial charge on any atom is 0.550 e. The van der Waals surface area contributed by atoms with Crippen molar-refractivity contribution in [3.63, 3.8) is 0 Å². The highest BCUT2D eigenvalue weighted by Gasteiger charge is 2.30. The van der Waals surface area contributed by atoms with Crippen LogP contribution in [0.25, 0.3) is 9.69 Å². The highest BCUT2D eigenvalue weighted by Crippen LogP contribution is 2.48. The molecule has 0 saturated heterocycles. The number of benzene rings is 1. The van der Waals surface area contributed by atoms with Crippen molar-refractivity contribution < 1.29 is 0 Å². The Labute approximate surface area is 99.0 Å². The number of hydrogen-bond acceptors (Lipinski definition) is 2. The molecule has 1 aromatic carbocycles. The molecule has 0 fully saturated rings. The molecule has 0 unspecified atom stereocenters. The quantitative estimate of drug-likeness (QED) is 0.629. The van der Waals surface area contributed by atoms with Crippen LogP contribution < -0.4 is 4.90 Å². The third-order valence-corrected chi connectivity index (χ3v) is 3.84. The monoisotopic (exact) mass is 227 g/mol. The van der Waals surface area contributed by atoms with Crippen molar-refractivity contribution in [3.05, 3.63) is 57.4 Å². The summed E-state index contributed by atoms with van der Waals surface area (Å²) in [6, 6.07) is 6.04. The molecule has 0 spiro atoms. The van der Waals surface area contributed by atoms with Crippen molar-refractivity contribution in [2.24, 2.45) is 0 Å². The number of rotatable bonds is 0. The molecule has 1 aromatic rings. The Morgan fingerprint density at radius 2 is 2.00 bits per heavy atom. The predicted molar refractivity (Wildman–Crippen MR) is 65.7 cm³/mol. The van der Waals surface area contributed by atoms with Gasteiger partial charge in [0, 0.05) is 11.9 Å². The van der Waals surface area contributed by atoms with Crippen molar-refractivity contribution >= 4 is 17.4 Å². The molecule has 1 aliphatic heterocycles. The second-order valence-electron chi connectivity index (χ2n) is 3.44. The summed E-state index contributed by atoms with van der Waals surface area (Å²) in [4.78, 5) is 9.59. The minimum Gasteiger partial charge on any atom is -0.341 e. The molecule has 0 saturated carbocycles. The Balaban J connectivity index is 2.59. The maximum atomic E-state index is 6.99. The molecule has 1 aliphatic rings. The molecule has 3 nitrogen and oxygen atoms in total. The van der Waals surface area contributed by atoms with Crippen LogP contribution in [0.2, 0.25) is 0 Å². The molecule has 4 heteroatoms. The van der Waals surface area contributed by atoms with Gasteiger partial charge in [-0.25, -0.2) is 0 Å². The van der Waals surface area contributed by atoms with E-state index >= 15 is 0 Å². The van der Waals surface area contributed by atoms with Crippen molar-refractivity contribution in [3.8, 4) is 0 Å². The molecule has 0 radical (unpaired) electrons. The predicted octanol–water partition coefficient (Wildman–Crippen LogP) is 3.50. The molecular formula is C12H9N3S. The minimum absolute atomic E-state index is 0.142. The summed E-state index contributed by atoms with van der Waals surface area (Å²) in [6.45, 7) is 16.0. The summed E-state index contributed by atoms with van der Waals surface area (Å²) < 4.78 is 0. The first kappa shape index (κ1) is 10.6. The van der Waals surface area contributed by atoms with E-state index in [1.807, 2.05) is 37.1 Å². The average molecular weight is 227 g/mol. The van der Waals surface area contributed by atoms with Crippen LogP contribution in [0.5, 0.6) is 0 Å². The van der Waals surface area contributed by atoms with Gasteiger partial charge in [-0.05, 0) is 18.6 Å². The highest BCUT2D eigenvalue weighted by atomic mass is 32.2. The summed E-state index contributed by atoms with van der Waals surface area (Å²) in [5.41, 5.74) is 2.25. The van der Waals surface area contributed by atoms with E-state index in [-0.39, 0.29) is 5.82 Å². The van der Waals surface area contributed by atoms with Crippen LogP contribution in [0.4, 0.5) is 5.69 Å². The Morgan fingerprint density at radius 3 is 2.56 bits per heavy atom. The van der Waals surface area contributed by atoms with E-state index in [1.165, 1.54) is 17.3 Å². The standard InChI is InChI=1S/C12H9N3S/c1-8-6-5-7-9-10(8)16-12(15(9)4)11(13-2)14-3/h5-7H,1,4H3. The smallest absolute Gasteiger partial charge is 0.341 e. The molecule has 2 rings (SSSR count). The van der Waals surface area contributed by atoms with Gasteiger partial charge in [-0.1, -0.05) is 23.9 Å². The summed E-state index contributed by atoms with van der Waals surface area (Å²) >= 11 is 1.51. The molecule has 0 atom stereocenters. The van der Waals surface area contributed by atoms with Crippen LogP contribution in [-0.2, 0) is 0 Å². The Kier molecular flexibility index (Phi) is 2.60. The molecule has 1 heterocycles. The fourth-order valence-corrected chi connectivity index (χ4v) is 2.77. The first-order chi connectivity index (χ1) is 7.69. The van der Waals surface area contributed by atoms with Gasteiger partial charge in [0.15, 0.2) is 5.03 Å². The van der Waals surface area contributed by atoms with Crippen LogP contribution in [0.3, 0.4) is 0 Å². The lowest BCUT2D eigenvalue weighted by Crippen LogP contribution is -2.10. The number of thioether (sulfide) groups is 1. The third kappa shape index (κ3) is 1.44. The summed E-state index contributed by atoms with van der Waals surface area (Å²) in [5.74, 6) is 0.142. The Hall–Kier alpha value is -1.91. The molecule has 0 aromatic heterocycles. The zero-order chi connectivity index (χ0) is 11.7. The van der Waals surface area contributed by atoms with Gasteiger partial charge in [0.2, 0.25) is 0 Å². The normalized spacial score (nSPS) is 13.0. The van der Waals surface area contributed by atoms with Crippen molar-refractivity contribution in [1.82, 2.24) is 0 Å². The lowest BCUT2D eigenvalue weighted by atomic mass is 10.2. The number of nitrogens with zero attached hydrogens (tertiary/aromatic N) is 3. The van der Waals surface area contributed by atoms with Crippen LogP contribution in [0, 0.1) is 20.1 Å². The first-order valence-corrected chi connectivity index (χ1v) is 5.51. The van der Waals surface area contributed by atoms with Crippen molar-refractivity contribution in [2.45, 2.75) is 11.8 Å². The van der Waals surface area contributed by atoms with Gasteiger partial charge in [0.25, 0.3) is 0 Å². The Bertz CT molecular complexity index is 545. The third-order valence-electron chi connectivity index (χ3n) is 2.46. The summed E-state index contributed by atoms with van der Waals surface area (Å²) in [7, 11) is 1.89. The van der Waals surface area contributed by atoms with Crippen molar-refractivity contribution in [2.75, 3.05) is 11.9 Å². The van der Waals surface area contributed by atoms with Crippen molar-refractivity contribution in [1.29, 1.82) is 0 Å². The van der Waals surface area contributed by atoms with Gasteiger partial charge in [0.05, 0.1) is 5.69 Å². The first-order valence-electron chi connectivity index (χ1n) is 4.69. The summed E-state index contributed by atoms with van der Waals surface area (Å²) in [6.07, 6.45) is 0.